The van der Waals surface area contributed by atoms with Gasteiger partial charge in [0.05, 0.1) is 7.11 Å². The molecule has 0 aliphatic rings. The largest absolute Gasteiger partial charge is 0.496 e. The SMILES string of the molecule is COc1cc(Cl)ccc1CNC=O. The number of methoxy groups -OCH3 is 1. The normalized spacial score (nSPS) is 9.38. The van der Waals surface area contributed by atoms with Crippen LogP contribution in [0.2, 0.25) is 5.02 Å². The molecule has 1 aromatic rings. The van der Waals surface area contributed by atoms with Gasteiger partial charge in [0.25, 0.3) is 0 Å². The smallest absolute Gasteiger partial charge is 0.207 e. The fourth-order valence-electron chi connectivity index (χ4n) is 1.02. The number of carbonyl (C=O) groups is 1. The number of amides is 1. The molecule has 0 bridgehead atoms. The zero-order chi connectivity index (χ0) is 9.68. The van der Waals surface area contributed by atoms with Crippen molar-refractivity contribution in [3.63, 3.8) is 0 Å². The Hall–Kier alpha value is -1.22. The number of carbonyl (C=O) groups excluding carboxylic acids is 1. The molecule has 0 unspecified atom stereocenters. The standard InChI is InChI=1S/C9H10ClNO2/c1-13-9-4-8(10)3-2-7(9)5-11-6-12/h2-4,6H,5H2,1H3,(H,11,12). The molecule has 0 atom stereocenters. The summed E-state index contributed by atoms with van der Waals surface area (Å²) in [5.41, 5.74) is 0.902. The molecule has 0 aliphatic carbocycles. The van der Waals surface area contributed by atoms with Crippen LogP contribution in [-0.2, 0) is 11.3 Å². The zero-order valence-electron chi connectivity index (χ0n) is 7.21. The summed E-state index contributed by atoms with van der Waals surface area (Å²) in [6, 6.07) is 5.28. The number of hydrogen-bond donors (Lipinski definition) is 1. The van der Waals surface area contributed by atoms with Gasteiger partial charge >= 0.3 is 0 Å². The first-order valence-corrected chi connectivity index (χ1v) is 4.15. The van der Waals surface area contributed by atoms with E-state index in [1.165, 1.54) is 0 Å². The Bertz CT molecular complexity index is 302. The molecule has 1 aromatic carbocycles. The van der Waals surface area contributed by atoms with Crippen molar-refractivity contribution in [2.24, 2.45) is 0 Å². The van der Waals surface area contributed by atoms with Crippen LogP contribution in [0.5, 0.6) is 5.75 Å². The highest BCUT2D eigenvalue weighted by molar-refractivity contribution is 6.30. The van der Waals surface area contributed by atoms with Crippen molar-refractivity contribution >= 4 is 18.0 Å². The van der Waals surface area contributed by atoms with Crippen molar-refractivity contribution in [2.45, 2.75) is 6.54 Å². The molecule has 13 heavy (non-hydrogen) atoms. The molecular weight excluding hydrogens is 190 g/mol. The molecule has 1 rings (SSSR count). The summed E-state index contributed by atoms with van der Waals surface area (Å²) in [4.78, 5) is 10.1. The van der Waals surface area contributed by atoms with Crippen molar-refractivity contribution in [2.75, 3.05) is 7.11 Å². The van der Waals surface area contributed by atoms with Gasteiger partial charge in [-0.25, -0.2) is 0 Å². The Morgan fingerprint density at radius 2 is 2.38 bits per heavy atom. The zero-order valence-corrected chi connectivity index (χ0v) is 7.97. The Balaban J connectivity index is 2.85. The van der Waals surface area contributed by atoms with Gasteiger partial charge in [-0.2, -0.15) is 0 Å². The summed E-state index contributed by atoms with van der Waals surface area (Å²) < 4.78 is 5.08. The molecular formula is C9H10ClNO2. The second-order valence-electron chi connectivity index (χ2n) is 2.45. The maximum Gasteiger partial charge on any atom is 0.207 e. The number of rotatable bonds is 4. The van der Waals surface area contributed by atoms with Crippen LogP contribution >= 0.6 is 11.6 Å². The first-order valence-electron chi connectivity index (χ1n) is 3.77. The van der Waals surface area contributed by atoms with E-state index in [0.717, 1.165) is 5.56 Å². The van der Waals surface area contributed by atoms with Crippen LogP contribution < -0.4 is 10.1 Å². The predicted octanol–water partition coefficient (Wildman–Crippen LogP) is 1.59. The molecule has 0 saturated carbocycles. The third-order valence-corrected chi connectivity index (χ3v) is 1.86. The Kier molecular flexibility index (Phi) is 3.58. The summed E-state index contributed by atoms with van der Waals surface area (Å²) in [5.74, 6) is 0.682. The van der Waals surface area contributed by atoms with Gasteiger partial charge in [0.15, 0.2) is 0 Å². The quantitative estimate of drug-likeness (QED) is 0.748. The highest BCUT2D eigenvalue weighted by Gasteiger charge is 2.02. The number of ether oxygens (including phenoxy) is 1. The summed E-state index contributed by atoms with van der Waals surface area (Å²) in [5, 5.41) is 3.17. The van der Waals surface area contributed by atoms with Crippen molar-refractivity contribution < 1.29 is 9.53 Å². The van der Waals surface area contributed by atoms with E-state index in [1.54, 1.807) is 19.2 Å². The topological polar surface area (TPSA) is 38.3 Å². The lowest BCUT2D eigenvalue weighted by atomic mass is 10.2. The molecule has 0 aromatic heterocycles. The van der Waals surface area contributed by atoms with Crippen LogP contribution in [0.3, 0.4) is 0 Å². The third kappa shape index (κ3) is 2.63. The molecule has 3 nitrogen and oxygen atoms in total. The third-order valence-electron chi connectivity index (χ3n) is 1.62. The molecule has 0 saturated heterocycles. The van der Waals surface area contributed by atoms with E-state index in [9.17, 15) is 4.79 Å². The number of halogens is 1. The summed E-state index contributed by atoms with van der Waals surface area (Å²) in [7, 11) is 1.57. The molecule has 70 valence electrons. The average Bonchev–Trinajstić information content (AvgIpc) is 2.16. The van der Waals surface area contributed by atoms with Gasteiger partial charge in [0.1, 0.15) is 5.75 Å². The van der Waals surface area contributed by atoms with Gasteiger partial charge in [-0.15, -0.1) is 0 Å². The van der Waals surface area contributed by atoms with Crippen molar-refractivity contribution in [3.8, 4) is 5.75 Å². The lowest BCUT2D eigenvalue weighted by molar-refractivity contribution is -0.109. The minimum atomic E-state index is 0.448. The minimum Gasteiger partial charge on any atom is -0.496 e. The van der Waals surface area contributed by atoms with Gasteiger partial charge < -0.3 is 10.1 Å². The fraction of sp³-hybridized carbons (Fsp3) is 0.222. The number of nitrogens with one attached hydrogen (secondary N) is 1. The molecule has 0 spiro atoms. The maximum atomic E-state index is 10.1. The maximum absolute atomic E-state index is 10.1. The van der Waals surface area contributed by atoms with Crippen LogP contribution in [0.25, 0.3) is 0 Å². The first-order chi connectivity index (χ1) is 6.27. The molecule has 4 heteroatoms. The monoisotopic (exact) mass is 199 g/mol. The second-order valence-corrected chi connectivity index (χ2v) is 2.89. The van der Waals surface area contributed by atoms with Crippen molar-refractivity contribution in [3.05, 3.63) is 28.8 Å². The van der Waals surface area contributed by atoms with Crippen LogP contribution in [0.1, 0.15) is 5.56 Å². The second kappa shape index (κ2) is 4.72. The van der Waals surface area contributed by atoms with E-state index >= 15 is 0 Å². The Morgan fingerprint density at radius 3 is 3.00 bits per heavy atom. The van der Waals surface area contributed by atoms with Gasteiger partial charge in [-0.1, -0.05) is 17.7 Å². The van der Waals surface area contributed by atoms with E-state index in [-0.39, 0.29) is 0 Å². The van der Waals surface area contributed by atoms with E-state index < -0.39 is 0 Å². The molecule has 1 amide bonds. The number of benzene rings is 1. The van der Waals surface area contributed by atoms with Gasteiger partial charge in [-0.05, 0) is 12.1 Å². The summed E-state index contributed by atoms with van der Waals surface area (Å²) in [6.07, 6.45) is 0.647. The van der Waals surface area contributed by atoms with Crippen LogP contribution in [-0.4, -0.2) is 13.5 Å². The van der Waals surface area contributed by atoms with Crippen molar-refractivity contribution in [1.82, 2.24) is 5.32 Å². The lowest BCUT2D eigenvalue weighted by Gasteiger charge is -2.07. The van der Waals surface area contributed by atoms with Crippen LogP contribution in [0, 0.1) is 0 Å². The van der Waals surface area contributed by atoms with E-state index in [2.05, 4.69) is 5.32 Å². The minimum absolute atomic E-state index is 0.448. The predicted molar refractivity (Wildman–Crippen MR) is 50.9 cm³/mol. The van der Waals surface area contributed by atoms with Gasteiger partial charge in [0.2, 0.25) is 6.41 Å². The first kappa shape index (κ1) is 9.86. The molecule has 0 aliphatic heterocycles. The van der Waals surface area contributed by atoms with E-state index in [4.69, 9.17) is 16.3 Å². The van der Waals surface area contributed by atoms with Crippen molar-refractivity contribution in [1.29, 1.82) is 0 Å². The molecule has 1 N–H and O–H groups in total. The fourth-order valence-corrected chi connectivity index (χ4v) is 1.18. The Morgan fingerprint density at radius 1 is 1.62 bits per heavy atom. The van der Waals surface area contributed by atoms with Crippen LogP contribution in [0.15, 0.2) is 18.2 Å². The molecule has 0 fully saturated rings. The Labute approximate surface area is 81.7 Å². The van der Waals surface area contributed by atoms with Gasteiger partial charge in [0, 0.05) is 17.1 Å². The van der Waals surface area contributed by atoms with E-state index in [0.29, 0.717) is 23.7 Å². The highest BCUT2D eigenvalue weighted by atomic mass is 35.5. The molecule has 0 heterocycles. The average molecular weight is 200 g/mol. The summed E-state index contributed by atoms with van der Waals surface area (Å²) in [6.45, 7) is 0.448. The summed E-state index contributed by atoms with van der Waals surface area (Å²) >= 11 is 5.76. The lowest BCUT2D eigenvalue weighted by Crippen LogP contribution is -2.10. The number of hydrogen-bond acceptors (Lipinski definition) is 2. The van der Waals surface area contributed by atoms with E-state index in [1.807, 2.05) is 6.07 Å². The highest BCUT2D eigenvalue weighted by Crippen LogP contribution is 2.22. The molecule has 0 radical (unpaired) electrons. The van der Waals surface area contributed by atoms with Crippen LogP contribution in [0.4, 0.5) is 0 Å². The van der Waals surface area contributed by atoms with Gasteiger partial charge in [-0.3, -0.25) is 4.79 Å².